The fourth-order valence-corrected chi connectivity index (χ4v) is 1.82. The van der Waals surface area contributed by atoms with E-state index in [2.05, 4.69) is 0 Å². The lowest BCUT2D eigenvalue weighted by Crippen LogP contribution is -1.93. The summed E-state index contributed by atoms with van der Waals surface area (Å²) in [7, 11) is 1.46. The van der Waals surface area contributed by atoms with E-state index < -0.39 is 11.6 Å². The summed E-state index contributed by atoms with van der Waals surface area (Å²) in [6.45, 7) is 0. The molecule has 2 rings (SSSR count). The van der Waals surface area contributed by atoms with Crippen molar-refractivity contribution in [2.45, 2.75) is 6.42 Å². The Kier molecular flexibility index (Phi) is 3.76. The number of methoxy groups -OCH3 is 1. The Morgan fingerprint density at radius 1 is 1.05 bits per heavy atom. The third kappa shape index (κ3) is 2.71. The Bertz CT molecular complexity index is 647. The first-order valence-corrected chi connectivity index (χ1v) is 5.65. The first-order valence-electron chi connectivity index (χ1n) is 5.65. The van der Waals surface area contributed by atoms with Crippen molar-refractivity contribution in [2.75, 3.05) is 7.11 Å². The van der Waals surface area contributed by atoms with Gasteiger partial charge in [-0.15, -0.1) is 0 Å². The maximum Gasteiger partial charge on any atom is 0.131 e. The molecule has 0 aliphatic heterocycles. The maximum absolute atomic E-state index is 13.8. The maximum atomic E-state index is 13.8. The first-order chi connectivity index (χ1) is 9.15. The molecule has 0 heterocycles. The van der Waals surface area contributed by atoms with E-state index in [1.54, 1.807) is 0 Å². The van der Waals surface area contributed by atoms with Gasteiger partial charge in [-0.05, 0) is 35.9 Å². The first kappa shape index (κ1) is 13.0. The Morgan fingerprint density at radius 2 is 1.68 bits per heavy atom. The number of ether oxygens (including phenoxy) is 1. The molecule has 0 saturated carbocycles. The van der Waals surface area contributed by atoms with Gasteiger partial charge in [0.25, 0.3) is 0 Å². The summed E-state index contributed by atoms with van der Waals surface area (Å²) in [5, 5.41) is 8.65. The van der Waals surface area contributed by atoms with Crippen LogP contribution in [0, 0.1) is 23.0 Å². The van der Waals surface area contributed by atoms with E-state index in [9.17, 15) is 8.78 Å². The molecule has 4 heteroatoms. The van der Waals surface area contributed by atoms with Crippen LogP contribution in [0.1, 0.15) is 5.56 Å². The number of hydrogen-bond acceptors (Lipinski definition) is 2. The van der Waals surface area contributed by atoms with Crippen molar-refractivity contribution in [1.29, 1.82) is 5.26 Å². The van der Waals surface area contributed by atoms with E-state index in [0.717, 1.165) is 0 Å². The van der Waals surface area contributed by atoms with Crippen LogP contribution in [0.25, 0.3) is 11.1 Å². The van der Waals surface area contributed by atoms with Crippen LogP contribution in [0.15, 0.2) is 36.4 Å². The van der Waals surface area contributed by atoms with Gasteiger partial charge < -0.3 is 4.74 Å². The smallest absolute Gasteiger partial charge is 0.131 e. The van der Waals surface area contributed by atoms with Gasteiger partial charge in [0.15, 0.2) is 0 Å². The van der Waals surface area contributed by atoms with Crippen LogP contribution in [0.3, 0.4) is 0 Å². The van der Waals surface area contributed by atoms with Gasteiger partial charge in [0.1, 0.15) is 17.4 Å². The molecule has 2 aromatic rings. The second-order valence-electron chi connectivity index (χ2n) is 3.99. The Morgan fingerprint density at radius 3 is 2.32 bits per heavy atom. The van der Waals surface area contributed by atoms with Crippen molar-refractivity contribution in [3.8, 4) is 22.9 Å². The summed E-state index contributed by atoms with van der Waals surface area (Å²) in [5.74, 6) is -0.621. The molecular formula is C15H11F2NO. The van der Waals surface area contributed by atoms with Gasteiger partial charge in [-0.2, -0.15) is 5.26 Å². The average molecular weight is 259 g/mol. The SMILES string of the molecule is COc1ccc(F)c(-c2cc(CC#N)ccc2F)c1. The minimum atomic E-state index is -0.534. The normalized spacial score (nSPS) is 10.0. The number of nitriles is 1. The molecule has 96 valence electrons. The zero-order valence-electron chi connectivity index (χ0n) is 10.3. The number of halogens is 2. The fourth-order valence-electron chi connectivity index (χ4n) is 1.82. The van der Waals surface area contributed by atoms with Gasteiger partial charge in [-0.3, -0.25) is 0 Å². The third-order valence-corrected chi connectivity index (χ3v) is 2.78. The molecule has 0 radical (unpaired) electrons. The summed E-state index contributed by atoms with van der Waals surface area (Å²) in [6.07, 6.45) is 0.152. The number of hydrogen-bond donors (Lipinski definition) is 0. The van der Waals surface area contributed by atoms with E-state index >= 15 is 0 Å². The summed E-state index contributed by atoms with van der Waals surface area (Å²) >= 11 is 0. The highest BCUT2D eigenvalue weighted by atomic mass is 19.1. The van der Waals surface area contributed by atoms with E-state index in [-0.39, 0.29) is 17.5 Å². The molecule has 19 heavy (non-hydrogen) atoms. The average Bonchev–Trinajstić information content (AvgIpc) is 2.42. The Hall–Kier alpha value is -2.41. The second-order valence-corrected chi connectivity index (χ2v) is 3.99. The van der Waals surface area contributed by atoms with Gasteiger partial charge in [-0.25, -0.2) is 8.78 Å². The van der Waals surface area contributed by atoms with Gasteiger partial charge in [0.05, 0.1) is 19.6 Å². The molecule has 0 N–H and O–H groups in total. The molecule has 0 aliphatic carbocycles. The van der Waals surface area contributed by atoms with Crippen LogP contribution in [-0.4, -0.2) is 7.11 Å². The largest absolute Gasteiger partial charge is 0.497 e. The van der Waals surface area contributed by atoms with Crippen LogP contribution < -0.4 is 4.74 Å². The second kappa shape index (κ2) is 5.49. The lowest BCUT2D eigenvalue weighted by molar-refractivity contribution is 0.414. The quantitative estimate of drug-likeness (QED) is 0.841. The lowest BCUT2D eigenvalue weighted by atomic mass is 10.0. The van der Waals surface area contributed by atoms with Crippen LogP contribution >= 0.6 is 0 Å². The van der Waals surface area contributed by atoms with Crippen LogP contribution in [0.4, 0.5) is 8.78 Å². The lowest BCUT2D eigenvalue weighted by Gasteiger charge is -2.08. The van der Waals surface area contributed by atoms with Gasteiger partial charge in [-0.1, -0.05) is 6.07 Å². The molecule has 0 bridgehead atoms. The Labute approximate surface area is 109 Å². The molecule has 0 spiro atoms. The Balaban J connectivity index is 2.57. The van der Waals surface area contributed by atoms with E-state index in [1.807, 2.05) is 6.07 Å². The third-order valence-electron chi connectivity index (χ3n) is 2.78. The van der Waals surface area contributed by atoms with E-state index in [0.29, 0.717) is 11.3 Å². The van der Waals surface area contributed by atoms with Gasteiger partial charge >= 0.3 is 0 Å². The monoisotopic (exact) mass is 259 g/mol. The van der Waals surface area contributed by atoms with Crippen LogP contribution in [-0.2, 0) is 6.42 Å². The highest BCUT2D eigenvalue weighted by Gasteiger charge is 2.12. The molecule has 0 amide bonds. The molecule has 0 saturated heterocycles. The number of nitrogens with zero attached hydrogens (tertiary/aromatic N) is 1. The highest BCUT2D eigenvalue weighted by Crippen LogP contribution is 2.29. The summed E-state index contributed by atoms with van der Waals surface area (Å²) in [6, 6.07) is 10.3. The van der Waals surface area contributed by atoms with Crippen molar-refractivity contribution in [1.82, 2.24) is 0 Å². The predicted octanol–water partition coefficient (Wildman–Crippen LogP) is 3.71. The highest BCUT2D eigenvalue weighted by molar-refractivity contribution is 5.67. The molecular weight excluding hydrogens is 248 g/mol. The van der Waals surface area contributed by atoms with Gasteiger partial charge in [0.2, 0.25) is 0 Å². The van der Waals surface area contributed by atoms with Crippen molar-refractivity contribution < 1.29 is 13.5 Å². The molecule has 2 aromatic carbocycles. The molecule has 0 aromatic heterocycles. The number of rotatable bonds is 3. The van der Waals surface area contributed by atoms with Gasteiger partial charge in [0, 0.05) is 11.1 Å². The van der Waals surface area contributed by atoms with Crippen LogP contribution in [0.2, 0.25) is 0 Å². The molecule has 0 unspecified atom stereocenters. The van der Waals surface area contributed by atoms with Crippen molar-refractivity contribution in [2.24, 2.45) is 0 Å². The summed E-state index contributed by atoms with van der Waals surface area (Å²) < 4.78 is 32.6. The topological polar surface area (TPSA) is 33.0 Å². The van der Waals surface area contributed by atoms with E-state index in [1.165, 1.54) is 43.5 Å². The summed E-state index contributed by atoms with van der Waals surface area (Å²) in [4.78, 5) is 0. The zero-order chi connectivity index (χ0) is 13.8. The molecule has 0 atom stereocenters. The van der Waals surface area contributed by atoms with Crippen molar-refractivity contribution in [3.05, 3.63) is 53.6 Å². The minimum absolute atomic E-state index is 0.122. The molecule has 2 nitrogen and oxygen atoms in total. The number of benzene rings is 2. The molecule has 0 aliphatic rings. The fraction of sp³-hybridized carbons (Fsp3) is 0.133. The van der Waals surface area contributed by atoms with E-state index in [4.69, 9.17) is 10.00 Å². The zero-order valence-corrected chi connectivity index (χ0v) is 10.3. The van der Waals surface area contributed by atoms with Crippen LogP contribution in [0.5, 0.6) is 5.75 Å². The standard InChI is InChI=1S/C15H11F2NO/c1-19-11-3-5-15(17)13(9-11)12-8-10(6-7-18)2-4-14(12)16/h2-5,8-9H,6H2,1H3. The predicted molar refractivity (Wildman–Crippen MR) is 67.7 cm³/mol. The summed E-state index contributed by atoms with van der Waals surface area (Å²) in [5.41, 5.74) is 0.891. The minimum Gasteiger partial charge on any atom is -0.497 e. The molecule has 0 fully saturated rings. The van der Waals surface area contributed by atoms with Crippen molar-refractivity contribution in [3.63, 3.8) is 0 Å². The van der Waals surface area contributed by atoms with Crippen molar-refractivity contribution >= 4 is 0 Å².